The minimum absolute atomic E-state index is 0.0241. The number of benzene rings is 1. The topological polar surface area (TPSA) is 41.6 Å². The summed E-state index contributed by atoms with van der Waals surface area (Å²) >= 11 is 0. The maximum Gasteiger partial charge on any atom is 0.234 e. The van der Waals surface area contributed by atoms with Crippen LogP contribution in [0.3, 0.4) is 0 Å². The normalized spacial score (nSPS) is 16.6. The number of ether oxygens (including phenoxy) is 1. The smallest absolute Gasteiger partial charge is 0.234 e. The van der Waals surface area contributed by atoms with Crippen LogP contribution in [0.2, 0.25) is 0 Å². The average Bonchev–Trinajstić information content (AvgIpc) is 3.11. The van der Waals surface area contributed by atoms with Gasteiger partial charge in [0, 0.05) is 12.1 Å². The van der Waals surface area contributed by atoms with Crippen molar-refractivity contribution in [3.8, 4) is 5.75 Å². The van der Waals surface area contributed by atoms with Gasteiger partial charge in [0.25, 0.3) is 0 Å². The highest BCUT2D eigenvalue weighted by Crippen LogP contribution is 2.26. The molecule has 1 saturated carbocycles. The molecule has 140 valence electrons. The van der Waals surface area contributed by atoms with E-state index in [-0.39, 0.29) is 11.9 Å². The summed E-state index contributed by atoms with van der Waals surface area (Å²) in [5, 5.41) is 3.26. The van der Waals surface area contributed by atoms with Crippen LogP contribution in [0, 0.1) is 5.92 Å². The highest BCUT2D eigenvalue weighted by molar-refractivity contribution is 5.78. The van der Waals surface area contributed by atoms with Crippen LogP contribution in [-0.2, 0) is 4.79 Å². The number of carbonyl (C=O) groups excluding carboxylic acids is 1. The molecule has 1 aromatic carbocycles. The Bertz CT molecular complexity index is 533. The zero-order chi connectivity index (χ0) is 18.4. The van der Waals surface area contributed by atoms with Gasteiger partial charge in [0.15, 0.2) is 0 Å². The van der Waals surface area contributed by atoms with Crippen LogP contribution in [0.4, 0.5) is 0 Å². The molecule has 1 aliphatic rings. The molecule has 1 amide bonds. The minimum Gasteiger partial charge on any atom is -0.497 e. The monoisotopic (exact) mass is 346 g/mol. The molecule has 1 N–H and O–H groups in total. The highest BCUT2D eigenvalue weighted by Gasteiger charge is 2.27. The molecule has 25 heavy (non-hydrogen) atoms. The van der Waals surface area contributed by atoms with Crippen LogP contribution in [0.1, 0.15) is 65.0 Å². The lowest BCUT2D eigenvalue weighted by Gasteiger charge is -2.33. The fourth-order valence-corrected chi connectivity index (χ4v) is 3.80. The lowest BCUT2D eigenvalue weighted by atomic mass is 9.96. The van der Waals surface area contributed by atoms with E-state index < -0.39 is 0 Å². The van der Waals surface area contributed by atoms with E-state index in [1.165, 1.54) is 25.7 Å². The SMILES string of the molecule is COc1ccc(C(NC(=O)CN(C(C)C)C2CCCC2)C(C)C)cc1. The maximum atomic E-state index is 12.7. The van der Waals surface area contributed by atoms with Crippen molar-refractivity contribution >= 4 is 5.91 Å². The Morgan fingerprint density at radius 2 is 1.76 bits per heavy atom. The van der Waals surface area contributed by atoms with Gasteiger partial charge in [0.05, 0.1) is 19.7 Å². The van der Waals surface area contributed by atoms with E-state index in [2.05, 4.69) is 37.9 Å². The third-order valence-electron chi connectivity index (χ3n) is 5.24. The zero-order valence-electron chi connectivity index (χ0n) is 16.4. The molecular formula is C21H34N2O2. The van der Waals surface area contributed by atoms with Gasteiger partial charge >= 0.3 is 0 Å². The van der Waals surface area contributed by atoms with Crippen molar-refractivity contribution < 1.29 is 9.53 Å². The number of carbonyl (C=O) groups is 1. The first-order valence-electron chi connectivity index (χ1n) is 9.61. The molecule has 1 aliphatic carbocycles. The highest BCUT2D eigenvalue weighted by atomic mass is 16.5. The van der Waals surface area contributed by atoms with Gasteiger partial charge in [-0.1, -0.05) is 38.8 Å². The van der Waals surface area contributed by atoms with E-state index in [0.717, 1.165) is 11.3 Å². The molecule has 0 saturated heterocycles. The first-order valence-corrected chi connectivity index (χ1v) is 9.61. The van der Waals surface area contributed by atoms with Crippen LogP contribution in [-0.4, -0.2) is 36.5 Å². The van der Waals surface area contributed by atoms with Crippen molar-refractivity contribution in [2.45, 2.75) is 71.5 Å². The molecule has 1 aromatic rings. The fraction of sp³-hybridized carbons (Fsp3) is 0.667. The summed E-state index contributed by atoms with van der Waals surface area (Å²) in [6.07, 6.45) is 5.01. The Morgan fingerprint density at radius 1 is 1.16 bits per heavy atom. The third-order valence-corrected chi connectivity index (χ3v) is 5.24. The Hall–Kier alpha value is -1.55. The van der Waals surface area contributed by atoms with E-state index in [9.17, 15) is 4.79 Å². The second-order valence-electron chi connectivity index (χ2n) is 7.77. The van der Waals surface area contributed by atoms with E-state index in [4.69, 9.17) is 4.74 Å². The maximum absolute atomic E-state index is 12.7. The molecule has 1 fully saturated rings. The fourth-order valence-electron chi connectivity index (χ4n) is 3.80. The number of rotatable bonds is 8. The predicted molar refractivity (Wildman–Crippen MR) is 103 cm³/mol. The van der Waals surface area contributed by atoms with Crippen LogP contribution in [0.15, 0.2) is 24.3 Å². The molecule has 4 nitrogen and oxygen atoms in total. The van der Waals surface area contributed by atoms with Crippen molar-refractivity contribution in [1.82, 2.24) is 10.2 Å². The summed E-state index contributed by atoms with van der Waals surface area (Å²) in [6, 6.07) is 8.97. The summed E-state index contributed by atoms with van der Waals surface area (Å²) in [7, 11) is 1.67. The second kappa shape index (κ2) is 9.23. The molecule has 0 heterocycles. The van der Waals surface area contributed by atoms with Crippen molar-refractivity contribution in [3.05, 3.63) is 29.8 Å². The van der Waals surface area contributed by atoms with E-state index in [1.807, 2.05) is 24.3 Å². The van der Waals surface area contributed by atoms with Gasteiger partial charge in [-0.05, 0) is 50.3 Å². The van der Waals surface area contributed by atoms with Gasteiger partial charge in [-0.2, -0.15) is 0 Å². The van der Waals surface area contributed by atoms with E-state index in [0.29, 0.717) is 24.5 Å². The van der Waals surface area contributed by atoms with Gasteiger partial charge in [-0.15, -0.1) is 0 Å². The Kier molecular flexibility index (Phi) is 7.30. The number of amides is 1. The zero-order valence-corrected chi connectivity index (χ0v) is 16.4. The number of nitrogens with one attached hydrogen (secondary N) is 1. The van der Waals surface area contributed by atoms with Crippen LogP contribution >= 0.6 is 0 Å². The lowest BCUT2D eigenvalue weighted by molar-refractivity contribution is -0.124. The summed E-state index contributed by atoms with van der Waals surface area (Å²) in [5.41, 5.74) is 1.13. The van der Waals surface area contributed by atoms with E-state index in [1.54, 1.807) is 7.11 Å². The Labute approximate surface area is 152 Å². The second-order valence-corrected chi connectivity index (χ2v) is 7.77. The molecule has 0 aliphatic heterocycles. The van der Waals surface area contributed by atoms with E-state index >= 15 is 0 Å². The molecule has 1 unspecified atom stereocenters. The summed E-state index contributed by atoms with van der Waals surface area (Å²) in [5.74, 6) is 1.29. The van der Waals surface area contributed by atoms with Gasteiger partial charge < -0.3 is 10.1 Å². The van der Waals surface area contributed by atoms with Crippen LogP contribution in [0.5, 0.6) is 5.75 Å². The quantitative estimate of drug-likeness (QED) is 0.768. The van der Waals surface area contributed by atoms with Gasteiger partial charge in [0.2, 0.25) is 5.91 Å². The largest absolute Gasteiger partial charge is 0.497 e. The van der Waals surface area contributed by atoms with Crippen molar-refractivity contribution in [2.24, 2.45) is 5.92 Å². The molecule has 0 bridgehead atoms. The van der Waals surface area contributed by atoms with Gasteiger partial charge in [0.1, 0.15) is 5.75 Å². The number of hydrogen-bond donors (Lipinski definition) is 1. The minimum atomic E-state index is 0.0241. The number of nitrogens with zero attached hydrogens (tertiary/aromatic N) is 1. The first kappa shape index (κ1) is 19.8. The molecule has 4 heteroatoms. The molecule has 0 aromatic heterocycles. The van der Waals surface area contributed by atoms with Crippen molar-refractivity contribution in [3.63, 3.8) is 0 Å². The number of hydrogen-bond acceptors (Lipinski definition) is 3. The lowest BCUT2D eigenvalue weighted by Crippen LogP contribution is -2.46. The Balaban J connectivity index is 2.03. The van der Waals surface area contributed by atoms with Crippen molar-refractivity contribution in [1.29, 1.82) is 0 Å². The molecule has 2 rings (SSSR count). The molecular weight excluding hydrogens is 312 g/mol. The molecule has 0 radical (unpaired) electrons. The average molecular weight is 347 g/mol. The van der Waals surface area contributed by atoms with Gasteiger partial charge in [-0.25, -0.2) is 0 Å². The predicted octanol–water partition coefficient (Wildman–Crippen LogP) is 4.16. The first-order chi connectivity index (χ1) is 11.9. The summed E-state index contributed by atoms with van der Waals surface area (Å²) < 4.78 is 5.23. The standard InChI is InChI=1S/C21H34N2O2/c1-15(2)21(17-10-12-19(25-5)13-11-17)22-20(24)14-23(16(3)4)18-8-6-7-9-18/h10-13,15-16,18,21H,6-9,14H2,1-5H3,(H,22,24). The summed E-state index contributed by atoms with van der Waals surface area (Å²) in [4.78, 5) is 15.1. The van der Waals surface area contributed by atoms with Crippen molar-refractivity contribution in [2.75, 3.05) is 13.7 Å². The van der Waals surface area contributed by atoms with Crippen LogP contribution in [0.25, 0.3) is 0 Å². The molecule has 0 spiro atoms. The van der Waals surface area contributed by atoms with Crippen LogP contribution < -0.4 is 10.1 Å². The Morgan fingerprint density at radius 3 is 2.24 bits per heavy atom. The summed E-state index contributed by atoms with van der Waals surface area (Å²) in [6.45, 7) is 9.16. The number of methoxy groups -OCH3 is 1. The van der Waals surface area contributed by atoms with Gasteiger partial charge in [-0.3, -0.25) is 9.69 Å². The molecule has 1 atom stereocenters. The third kappa shape index (κ3) is 5.46.